The number of carbonyl (C=O) groups excluding carboxylic acids is 1. The van der Waals surface area contributed by atoms with Crippen molar-refractivity contribution >= 4 is 43.2 Å². The number of sulfonamides is 1. The minimum Gasteiger partial charge on any atom is -0.497 e. The molecule has 0 fully saturated rings. The highest BCUT2D eigenvalue weighted by atomic mass is 32.2. The molecular formula is C25H25N3O5S2. The minimum absolute atomic E-state index is 0.105. The van der Waals surface area contributed by atoms with Crippen LogP contribution in [0.15, 0.2) is 70.6 Å². The molecule has 1 N–H and O–H groups in total. The normalized spacial score (nSPS) is 12.1. The summed E-state index contributed by atoms with van der Waals surface area (Å²) in [6.45, 7) is 4.62. The van der Waals surface area contributed by atoms with Crippen LogP contribution in [0.3, 0.4) is 0 Å². The van der Waals surface area contributed by atoms with Crippen molar-refractivity contribution in [2.24, 2.45) is 4.99 Å². The molecule has 0 aliphatic heterocycles. The molecule has 10 heteroatoms. The van der Waals surface area contributed by atoms with Crippen LogP contribution in [-0.4, -0.2) is 33.1 Å². The number of rotatable bonds is 7. The number of nitrogens with one attached hydrogen (secondary N) is 1. The van der Waals surface area contributed by atoms with Crippen LogP contribution < -0.4 is 19.0 Å². The van der Waals surface area contributed by atoms with E-state index in [1.54, 1.807) is 31.4 Å². The van der Waals surface area contributed by atoms with Gasteiger partial charge in [-0.1, -0.05) is 17.4 Å². The molecule has 35 heavy (non-hydrogen) atoms. The molecule has 0 saturated carbocycles. The van der Waals surface area contributed by atoms with Gasteiger partial charge in [0, 0.05) is 17.8 Å². The number of carbonyl (C=O) groups is 1. The molecule has 182 valence electrons. The van der Waals surface area contributed by atoms with Crippen LogP contribution in [0.5, 0.6) is 11.5 Å². The Kier molecular flexibility index (Phi) is 6.95. The predicted octanol–water partition coefficient (Wildman–Crippen LogP) is 4.59. The Morgan fingerprint density at radius 2 is 1.69 bits per heavy atom. The Labute approximate surface area is 207 Å². The van der Waals surface area contributed by atoms with E-state index in [0.717, 1.165) is 21.5 Å². The fourth-order valence-electron chi connectivity index (χ4n) is 3.62. The minimum atomic E-state index is -3.78. The van der Waals surface area contributed by atoms with Gasteiger partial charge in [-0.05, 0) is 74.0 Å². The fourth-order valence-corrected chi connectivity index (χ4v) is 5.86. The average molecular weight is 512 g/mol. The van der Waals surface area contributed by atoms with Crippen molar-refractivity contribution in [2.45, 2.75) is 25.3 Å². The van der Waals surface area contributed by atoms with Gasteiger partial charge >= 0.3 is 0 Å². The highest BCUT2D eigenvalue weighted by Gasteiger charge is 2.16. The maximum atomic E-state index is 12.9. The Morgan fingerprint density at radius 1 is 1.00 bits per heavy atom. The number of ether oxygens (including phenoxy) is 2. The second kappa shape index (κ2) is 9.93. The SMILES string of the molecule is CCn1c(=NC(=O)c2ccc(NS(=O)(=O)c3ccc(OC)cc3)cc2)sc2c(C)ccc(OC)c21. The topological polar surface area (TPSA) is 99.0 Å². The lowest BCUT2D eigenvalue weighted by Crippen LogP contribution is -2.16. The van der Waals surface area contributed by atoms with Gasteiger partial charge in [-0.2, -0.15) is 4.99 Å². The molecule has 3 aromatic carbocycles. The smallest absolute Gasteiger partial charge is 0.279 e. The van der Waals surface area contributed by atoms with E-state index >= 15 is 0 Å². The lowest BCUT2D eigenvalue weighted by molar-refractivity contribution is 0.0998. The molecule has 0 saturated heterocycles. The lowest BCUT2D eigenvalue weighted by Gasteiger charge is -2.09. The molecule has 8 nitrogen and oxygen atoms in total. The monoisotopic (exact) mass is 511 g/mol. The van der Waals surface area contributed by atoms with Gasteiger partial charge in [0.15, 0.2) is 4.80 Å². The fraction of sp³-hybridized carbons (Fsp3) is 0.200. The number of amides is 1. The van der Waals surface area contributed by atoms with E-state index in [1.807, 2.05) is 30.5 Å². The van der Waals surface area contributed by atoms with Crippen molar-refractivity contribution in [3.63, 3.8) is 0 Å². The molecule has 0 aliphatic rings. The number of thiazole rings is 1. The summed E-state index contributed by atoms with van der Waals surface area (Å²) in [5.41, 5.74) is 2.68. The van der Waals surface area contributed by atoms with Crippen LogP contribution in [0, 0.1) is 6.92 Å². The summed E-state index contributed by atoms with van der Waals surface area (Å²) in [6, 6.07) is 16.1. The largest absolute Gasteiger partial charge is 0.497 e. The molecule has 0 radical (unpaired) electrons. The number of aryl methyl sites for hydroxylation is 2. The molecule has 4 rings (SSSR count). The molecule has 0 atom stereocenters. The second-order valence-corrected chi connectivity index (χ2v) is 10.3. The molecule has 1 heterocycles. The Balaban J connectivity index is 1.61. The molecule has 0 aliphatic carbocycles. The van der Waals surface area contributed by atoms with Crippen molar-refractivity contribution < 1.29 is 22.7 Å². The summed E-state index contributed by atoms with van der Waals surface area (Å²) in [4.78, 5) is 18.0. The van der Waals surface area contributed by atoms with Gasteiger partial charge in [0.25, 0.3) is 15.9 Å². The number of methoxy groups -OCH3 is 2. The van der Waals surface area contributed by atoms with E-state index in [0.29, 0.717) is 28.3 Å². The third-order valence-corrected chi connectivity index (χ3v) is 8.08. The third-order valence-electron chi connectivity index (χ3n) is 5.47. The van der Waals surface area contributed by atoms with Gasteiger partial charge in [-0.15, -0.1) is 0 Å². The summed E-state index contributed by atoms with van der Waals surface area (Å²) < 4.78 is 41.4. The molecule has 0 spiro atoms. The summed E-state index contributed by atoms with van der Waals surface area (Å²) >= 11 is 1.43. The van der Waals surface area contributed by atoms with Gasteiger partial charge in [-0.3, -0.25) is 9.52 Å². The summed E-state index contributed by atoms with van der Waals surface area (Å²) in [6.07, 6.45) is 0. The Morgan fingerprint density at radius 3 is 2.29 bits per heavy atom. The first-order chi connectivity index (χ1) is 16.8. The average Bonchev–Trinajstić information content (AvgIpc) is 3.23. The highest BCUT2D eigenvalue weighted by molar-refractivity contribution is 7.92. The van der Waals surface area contributed by atoms with Gasteiger partial charge < -0.3 is 14.0 Å². The van der Waals surface area contributed by atoms with E-state index in [1.165, 1.54) is 42.7 Å². The first-order valence-corrected chi connectivity index (χ1v) is 13.1. The first kappa shape index (κ1) is 24.5. The van der Waals surface area contributed by atoms with Crippen LogP contribution in [0.25, 0.3) is 10.2 Å². The van der Waals surface area contributed by atoms with Crippen molar-refractivity contribution in [1.82, 2.24) is 4.57 Å². The number of nitrogens with zero attached hydrogens (tertiary/aromatic N) is 2. The highest BCUT2D eigenvalue weighted by Crippen LogP contribution is 2.30. The number of aromatic nitrogens is 1. The Bertz CT molecular complexity index is 1550. The van der Waals surface area contributed by atoms with E-state index < -0.39 is 15.9 Å². The first-order valence-electron chi connectivity index (χ1n) is 10.8. The van der Waals surface area contributed by atoms with Crippen LogP contribution in [0.2, 0.25) is 0 Å². The maximum absolute atomic E-state index is 12.9. The molecule has 1 amide bonds. The van der Waals surface area contributed by atoms with E-state index in [2.05, 4.69) is 9.71 Å². The molecular weight excluding hydrogens is 486 g/mol. The van der Waals surface area contributed by atoms with E-state index in [9.17, 15) is 13.2 Å². The number of anilines is 1. The van der Waals surface area contributed by atoms with Crippen LogP contribution in [0.4, 0.5) is 5.69 Å². The number of hydrogen-bond donors (Lipinski definition) is 1. The predicted molar refractivity (Wildman–Crippen MR) is 137 cm³/mol. The van der Waals surface area contributed by atoms with Crippen molar-refractivity contribution in [3.05, 3.63) is 76.6 Å². The van der Waals surface area contributed by atoms with Gasteiger partial charge in [0.2, 0.25) is 0 Å². The zero-order valence-electron chi connectivity index (χ0n) is 19.7. The van der Waals surface area contributed by atoms with Crippen molar-refractivity contribution in [2.75, 3.05) is 18.9 Å². The second-order valence-electron chi connectivity index (χ2n) is 7.67. The summed E-state index contributed by atoms with van der Waals surface area (Å²) in [5, 5.41) is 0. The number of fused-ring (bicyclic) bond motifs is 1. The van der Waals surface area contributed by atoms with Crippen molar-refractivity contribution in [1.29, 1.82) is 0 Å². The van der Waals surface area contributed by atoms with E-state index in [4.69, 9.17) is 9.47 Å². The Hall–Kier alpha value is -3.63. The van der Waals surface area contributed by atoms with Gasteiger partial charge in [-0.25, -0.2) is 8.42 Å². The van der Waals surface area contributed by atoms with Gasteiger partial charge in [0.05, 0.1) is 23.8 Å². The molecule has 1 aromatic heterocycles. The number of hydrogen-bond acceptors (Lipinski definition) is 6. The van der Waals surface area contributed by atoms with Crippen LogP contribution >= 0.6 is 11.3 Å². The molecule has 4 aromatic rings. The zero-order valence-corrected chi connectivity index (χ0v) is 21.4. The third kappa shape index (κ3) is 4.94. The molecule has 0 unspecified atom stereocenters. The molecule has 0 bridgehead atoms. The van der Waals surface area contributed by atoms with Crippen LogP contribution in [0.1, 0.15) is 22.8 Å². The van der Waals surface area contributed by atoms with Gasteiger partial charge in [0.1, 0.15) is 17.0 Å². The van der Waals surface area contributed by atoms with Crippen molar-refractivity contribution in [3.8, 4) is 11.5 Å². The summed E-state index contributed by atoms with van der Waals surface area (Å²) in [5.74, 6) is 0.873. The lowest BCUT2D eigenvalue weighted by atomic mass is 10.2. The number of benzene rings is 3. The maximum Gasteiger partial charge on any atom is 0.279 e. The summed E-state index contributed by atoms with van der Waals surface area (Å²) in [7, 11) is -0.652. The van der Waals surface area contributed by atoms with Crippen LogP contribution in [-0.2, 0) is 16.6 Å². The zero-order chi connectivity index (χ0) is 25.2. The standard InChI is InChI=1S/C25H25N3O5S2/c1-5-28-22-21(33-4)15-6-16(2)23(22)34-25(28)26-24(29)17-7-9-18(10-8-17)27-35(30,31)20-13-11-19(32-3)12-14-20/h6-15,27H,5H2,1-4H3. The quantitative estimate of drug-likeness (QED) is 0.391. The van der Waals surface area contributed by atoms with E-state index in [-0.39, 0.29) is 4.90 Å².